The number of rotatable bonds is 7. The van der Waals surface area contributed by atoms with Crippen molar-refractivity contribution in [3.8, 4) is 0 Å². The average Bonchev–Trinajstić information content (AvgIpc) is 3.00. The molecule has 1 aromatic heterocycles. The standard InChI is InChI=1S/C15H16Cl2N2O3S/c1-2-7-21-23-15(20)22-14(9-19-6-5-18-10-19)12-4-3-11(16)8-13(12)17/h3-6,8,10,14H,2,7,9H2,1H3. The van der Waals surface area contributed by atoms with Gasteiger partial charge in [0.2, 0.25) is 0 Å². The molecule has 1 heterocycles. The molecule has 0 spiro atoms. The molecule has 2 aromatic rings. The van der Waals surface area contributed by atoms with Crippen LogP contribution in [0, 0.1) is 0 Å². The van der Waals surface area contributed by atoms with Crippen molar-refractivity contribution < 1.29 is 13.7 Å². The van der Waals surface area contributed by atoms with Gasteiger partial charge in [-0.25, -0.2) is 9.78 Å². The lowest BCUT2D eigenvalue weighted by Crippen LogP contribution is -2.15. The van der Waals surface area contributed by atoms with Gasteiger partial charge in [-0.1, -0.05) is 36.2 Å². The Kier molecular flexibility index (Phi) is 7.23. The largest absolute Gasteiger partial charge is 0.446 e. The molecule has 0 aliphatic carbocycles. The zero-order chi connectivity index (χ0) is 16.7. The molecule has 0 fully saturated rings. The summed E-state index contributed by atoms with van der Waals surface area (Å²) in [4.78, 5) is 15.9. The first-order chi connectivity index (χ1) is 11.1. The van der Waals surface area contributed by atoms with Crippen LogP contribution < -0.4 is 0 Å². The first kappa shape index (κ1) is 18.1. The Morgan fingerprint density at radius 1 is 1.43 bits per heavy atom. The van der Waals surface area contributed by atoms with Crippen molar-refractivity contribution in [1.29, 1.82) is 0 Å². The number of nitrogens with zero attached hydrogens (tertiary/aromatic N) is 2. The number of ether oxygens (including phenoxy) is 1. The van der Waals surface area contributed by atoms with Crippen molar-refractivity contribution in [2.75, 3.05) is 6.61 Å². The van der Waals surface area contributed by atoms with Crippen LogP contribution in [0.15, 0.2) is 36.9 Å². The van der Waals surface area contributed by atoms with Gasteiger partial charge in [-0.15, -0.1) is 0 Å². The van der Waals surface area contributed by atoms with Gasteiger partial charge in [0, 0.05) is 28.0 Å². The minimum absolute atomic E-state index is 0.390. The van der Waals surface area contributed by atoms with Crippen LogP contribution >= 0.6 is 35.2 Å². The number of aromatic nitrogens is 2. The molecule has 0 N–H and O–H groups in total. The van der Waals surface area contributed by atoms with Crippen LogP contribution in [0.1, 0.15) is 25.0 Å². The second-order valence-corrected chi connectivity index (χ2v) is 6.27. The van der Waals surface area contributed by atoms with Crippen molar-refractivity contribution in [2.45, 2.75) is 26.0 Å². The first-order valence-corrected chi connectivity index (χ1v) is 8.50. The second kappa shape index (κ2) is 9.17. The minimum atomic E-state index is -0.570. The molecule has 1 atom stereocenters. The van der Waals surface area contributed by atoms with E-state index in [1.165, 1.54) is 0 Å². The van der Waals surface area contributed by atoms with Gasteiger partial charge >= 0.3 is 5.30 Å². The molecule has 2 rings (SSSR count). The van der Waals surface area contributed by atoms with Crippen molar-refractivity contribution in [2.24, 2.45) is 0 Å². The molecule has 0 amide bonds. The predicted molar refractivity (Wildman–Crippen MR) is 91.7 cm³/mol. The number of benzene rings is 1. The van der Waals surface area contributed by atoms with Gasteiger partial charge < -0.3 is 13.5 Å². The monoisotopic (exact) mass is 374 g/mol. The van der Waals surface area contributed by atoms with Crippen molar-refractivity contribution >= 4 is 40.5 Å². The third kappa shape index (κ3) is 5.73. The van der Waals surface area contributed by atoms with Crippen LogP contribution in [0.3, 0.4) is 0 Å². The molecule has 5 nitrogen and oxygen atoms in total. The molecule has 8 heteroatoms. The summed E-state index contributed by atoms with van der Waals surface area (Å²) in [6.45, 7) is 2.83. The summed E-state index contributed by atoms with van der Waals surface area (Å²) in [6.07, 6.45) is 5.33. The van der Waals surface area contributed by atoms with Crippen molar-refractivity contribution in [3.63, 3.8) is 0 Å². The smallest absolute Gasteiger partial charge is 0.395 e. The van der Waals surface area contributed by atoms with E-state index in [4.69, 9.17) is 32.1 Å². The summed E-state index contributed by atoms with van der Waals surface area (Å²) in [5, 5.41) is 0.441. The van der Waals surface area contributed by atoms with Crippen LogP contribution in [-0.4, -0.2) is 21.5 Å². The highest BCUT2D eigenvalue weighted by molar-refractivity contribution is 8.09. The zero-order valence-corrected chi connectivity index (χ0v) is 14.8. The fourth-order valence-electron chi connectivity index (χ4n) is 1.86. The summed E-state index contributed by atoms with van der Waals surface area (Å²) in [6, 6.07) is 5.07. The molecule has 0 aliphatic heterocycles. The molecular weight excluding hydrogens is 359 g/mol. The highest BCUT2D eigenvalue weighted by Gasteiger charge is 2.21. The highest BCUT2D eigenvalue weighted by Crippen LogP contribution is 2.31. The Morgan fingerprint density at radius 3 is 2.91 bits per heavy atom. The molecule has 0 saturated carbocycles. The number of carbonyl (C=O) groups is 1. The van der Waals surface area contributed by atoms with Crippen LogP contribution in [-0.2, 0) is 15.5 Å². The lowest BCUT2D eigenvalue weighted by atomic mass is 10.1. The second-order valence-electron chi connectivity index (χ2n) is 4.69. The van der Waals surface area contributed by atoms with E-state index >= 15 is 0 Å². The van der Waals surface area contributed by atoms with E-state index in [-0.39, 0.29) is 0 Å². The van der Waals surface area contributed by atoms with Crippen LogP contribution in [0.25, 0.3) is 0 Å². The normalized spacial score (nSPS) is 12.1. The Bertz CT molecular complexity index is 638. The Morgan fingerprint density at radius 2 is 2.26 bits per heavy atom. The topological polar surface area (TPSA) is 53.4 Å². The third-order valence-corrected chi connectivity index (χ3v) is 3.98. The number of hydrogen-bond donors (Lipinski definition) is 0. The van der Waals surface area contributed by atoms with E-state index in [0.717, 1.165) is 6.42 Å². The van der Waals surface area contributed by atoms with Gasteiger partial charge in [0.25, 0.3) is 0 Å². The molecule has 1 unspecified atom stereocenters. The predicted octanol–water partition coefficient (Wildman–Crippen LogP) is 5.14. The van der Waals surface area contributed by atoms with Gasteiger partial charge in [0.1, 0.15) is 18.1 Å². The fraction of sp³-hybridized carbons (Fsp3) is 0.333. The van der Waals surface area contributed by atoms with E-state index in [2.05, 4.69) is 4.98 Å². The molecule has 0 bridgehead atoms. The Balaban J connectivity index is 2.12. The maximum Gasteiger partial charge on any atom is 0.395 e. The molecule has 0 radical (unpaired) electrons. The molecule has 0 aliphatic rings. The number of carbonyl (C=O) groups excluding carboxylic acids is 1. The summed E-state index contributed by atoms with van der Waals surface area (Å²) in [5.41, 5.74) is 0.675. The Hall–Kier alpha value is -1.21. The number of halogens is 2. The van der Waals surface area contributed by atoms with Gasteiger partial charge in [-0.2, -0.15) is 0 Å². The van der Waals surface area contributed by atoms with Crippen LogP contribution in [0.2, 0.25) is 10.0 Å². The van der Waals surface area contributed by atoms with Gasteiger partial charge in [-0.3, -0.25) is 0 Å². The lowest BCUT2D eigenvalue weighted by Gasteiger charge is -2.19. The van der Waals surface area contributed by atoms with Gasteiger partial charge in [0.15, 0.2) is 0 Å². The van der Waals surface area contributed by atoms with E-state index in [0.29, 0.717) is 40.8 Å². The van der Waals surface area contributed by atoms with Crippen LogP contribution in [0.5, 0.6) is 0 Å². The average molecular weight is 375 g/mol. The quantitative estimate of drug-likeness (QED) is 0.381. The van der Waals surface area contributed by atoms with Gasteiger partial charge in [-0.05, 0) is 18.6 Å². The minimum Gasteiger partial charge on any atom is -0.446 e. The summed E-state index contributed by atoms with van der Waals surface area (Å²) >= 11 is 12.8. The van der Waals surface area contributed by atoms with E-state index in [1.807, 2.05) is 6.92 Å². The zero-order valence-electron chi connectivity index (χ0n) is 12.4. The van der Waals surface area contributed by atoms with Crippen LogP contribution in [0.4, 0.5) is 4.79 Å². The molecule has 0 saturated heterocycles. The number of imidazole rings is 1. The summed E-state index contributed by atoms with van der Waals surface area (Å²) in [7, 11) is 0. The molecule has 124 valence electrons. The Labute approximate surface area is 149 Å². The van der Waals surface area contributed by atoms with E-state index < -0.39 is 11.4 Å². The summed E-state index contributed by atoms with van der Waals surface area (Å²) < 4.78 is 12.4. The maximum absolute atomic E-state index is 11.9. The maximum atomic E-state index is 11.9. The van der Waals surface area contributed by atoms with Crippen molar-refractivity contribution in [3.05, 3.63) is 52.5 Å². The number of hydrogen-bond acceptors (Lipinski definition) is 5. The highest BCUT2D eigenvalue weighted by atomic mass is 35.5. The van der Waals surface area contributed by atoms with E-state index in [1.54, 1.807) is 41.5 Å². The third-order valence-electron chi connectivity index (χ3n) is 2.90. The fourth-order valence-corrected chi connectivity index (χ4v) is 2.89. The molecular formula is C15H16Cl2N2O3S. The van der Waals surface area contributed by atoms with E-state index in [9.17, 15) is 4.79 Å². The summed E-state index contributed by atoms with van der Waals surface area (Å²) in [5.74, 6) is 0. The molecule has 23 heavy (non-hydrogen) atoms. The molecule has 1 aromatic carbocycles. The van der Waals surface area contributed by atoms with Crippen molar-refractivity contribution in [1.82, 2.24) is 9.55 Å². The lowest BCUT2D eigenvalue weighted by molar-refractivity contribution is 0.109. The van der Waals surface area contributed by atoms with Gasteiger partial charge in [0.05, 0.1) is 19.5 Å². The SMILES string of the molecule is CCCOSC(=O)OC(Cn1ccnc1)c1ccc(Cl)cc1Cl. The first-order valence-electron chi connectivity index (χ1n) is 7.01.